The molecule has 1 aliphatic heterocycles. The van der Waals surface area contributed by atoms with E-state index in [4.69, 9.17) is 9.84 Å². The molecule has 3 aromatic heterocycles. The van der Waals surface area contributed by atoms with Gasteiger partial charge in [0.25, 0.3) is 0 Å². The normalized spacial score (nSPS) is 15.3. The van der Waals surface area contributed by atoms with Crippen LogP contribution in [0.2, 0.25) is 0 Å². The van der Waals surface area contributed by atoms with E-state index in [0.29, 0.717) is 22.9 Å². The van der Waals surface area contributed by atoms with Crippen molar-refractivity contribution in [3.05, 3.63) is 35.9 Å². The van der Waals surface area contributed by atoms with Gasteiger partial charge in [-0.1, -0.05) is 6.92 Å². The Labute approximate surface area is 152 Å². The Bertz CT molecular complexity index is 974. The molecule has 0 amide bonds. The molecule has 0 spiro atoms. The quantitative estimate of drug-likeness (QED) is 0.782. The Morgan fingerprint density at radius 1 is 1.35 bits per heavy atom. The molecule has 7 heteroatoms. The molecule has 1 fully saturated rings. The fourth-order valence-corrected chi connectivity index (χ4v) is 3.66. The van der Waals surface area contributed by atoms with E-state index in [1.165, 1.54) is 0 Å². The van der Waals surface area contributed by atoms with Crippen LogP contribution in [-0.4, -0.2) is 39.6 Å². The zero-order chi connectivity index (χ0) is 18.1. The number of rotatable bonds is 4. The van der Waals surface area contributed by atoms with Gasteiger partial charge < -0.3 is 10.1 Å². The van der Waals surface area contributed by atoms with Gasteiger partial charge in [-0.2, -0.15) is 15.5 Å². The summed E-state index contributed by atoms with van der Waals surface area (Å²) in [6.45, 7) is 4.19. The lowest BCUT2D eigenvalue weighted by atomic mass is 10.1. The number of pyridine rings is 1. The van der Waals surface area contributed by atoms with Crippen molar-refractivity contribution in [2.45, 2.75) is 32.2 Å². The molecule has 0 radical (unpaired) electrons. The number of aryl methyl sites for hydroxylation is 1. The van der Waals surface area contributed by atoms with Gasteiger partial charge in [0.1, 0.15) is 22.9 Å². The van der Waals surface area contributed by atoms with Gasteiger partial charge in [-0.15, -0.1) is 0 Å². The summed E-state index contributed by atoms with van der Waals surface area (Å²) < 4.78 is 9.38. The number of nitrogens with one attached hydrogen (secondary N) is 1. The number of nitrogens with zero attached hydrogens (tertiary/aromatic N) is 5. The smallest absolute Gasteiger partial charge is 0.146 e. The average Bonchev–Trinajstić information content (AvgIpc) is 3.31. The van der Waals surface area contributed by atoms with Gasteiger partial charge in [-0.05, 0) is 38.4 Å². The van der Waals surface area contributed by atoms with E-state index in [-0.39, 0.29) is 0 Å². The van der Waals surface area contributed by atoms with Crippen molar-refractivity contribution in [1.82, 2.24) is 24.7 Å². The summed E-state index contributed by atoms with van der Waals surface area (Å²) in [7, 11) is 1.62. The van der Waals surface area contributed by atoms with Crippen LogP contribution >= 0.6 is 0 Å². The van der Waals surface area contributed by atoms with Gasteiger partial charge in [0.05, 0.1) is 25.0 Å². The molecule has 0 aliphatic carbocycles. The molecule has 1 saturated heterocycles. The first kappa shape index (κ1) is 16.6. The SMILES string of the molecule is CCc1nn(C2CCNCC2)cc1-c1cc(OC)c2c(C#N)cnn2c1. The van der Waals surface area contributed by atoms with Crippen LogP contribution in [-0.2, 0) is 6.42 Å². The van der Waals surface area contributed by atoms with Gasteiger partial charge in [0.15, 0.2) is 0 Å². The molecule has 4 heterocycles. The first-order chi connectivity index (χ1) is 12.7. The monoisotopic (exact) mass is 350 g/mol. The Kier molecular flexibility index (Phi) is 4.35. The predicted octanol–water partition coefficient (Wildman–Crippen LogP) is 2.56. The van der Waals surface area contributed by atoms with Crippen molar-refractivity contribution >= 4 is 5.52 Å². The molecule has 1 aliphatic rings. The maximum absolute atomic E-state index is 9.28. The molecule has 4 rings (SSSR count). The van der Waals surface area contributed by atoms with Crippen LogP contribution in [0.5, 0.6) is 5.75 Å². The zero-order valence-corrected chi connectivity index (χ0v) is 15.1. The topological polar surface area (TPSA) is 80.2 Å². The standard InChI is InChI=1S/C19H22N6O/c1-3-17-16(12-24(23-17)15-4-6-21-7-5-15)13-8-18(26-2)19-14(9-20)10-22-25(19)11-13/h8,10-12,15,21H,3-7H2,1-2H3. The summed E-state index contributed by atoms with van der Waals surface area (Å²) in [6.07, 6.45) is 8.71. The van der Waals surface area contributed by atoms with Gasteiger partial charge in [0.2, 0.25) is 0 Å². The maximum Gasteiger partial charge on any atom is 0.146 e. The highest BCUT2D eigenvalue weighted by Gasteiger charge is 2.20. The van der Waals surface area contributed by atoms with Crippen LogP contribution in [0, 0.1) is 11.3 Å². The minimum Gasteiger partial charge on any atom is -0.494 e. The predicted molar refractivity (Wildman–Crippen MR) is 98.2 cm³/mol. The largest absolute Gasteiger partial charge is 0.494 e. The summed E-state index contributed by atoms with van der Waals surface area (Å²) in [5.74, 6) is 0.646. The van der Waals surface area contributed by atoms with Crippen LogP contribution in [0.15, 0.2) is 24.7 Å². The number of nitriles is 1. The van der Waals surface area contributed by atoms with Crippen LogP contribution in [0.1, 0.15) is 37.1 Å². The van der Waals surface area contributed by atoms with E-state index in [2.05, 4.69) is 34.3 Å². The summed E-state index contributed by atoms with van der Waals surface area (Å²) in [5.41, 5.74) is 4.37. The molecule has 1 N–H and O–H groups in total. The van der Waals surface area contributed by atoms with E-state index in [1.54, 1.807) is 17.8 Å². The van der Waals surface area contributed by atoms with Crippen molar-refractivity contribution in [1.29, 1.82) is 5.26 Å². The molecule has 0 unspecified atom stereocenters. The van der Waals surface area contributed by atoms with Crippen molar-refractivity contribution in [2.24, 2.45) is 0 Å². The number of fused-ring (bicyclic) bond motifs is 1. The second-order valence-electron chi connectivity index (χ2n) is 6.56. The van der Waals surface area contributed by atoms with E-state index in [1.807, 2.05) is 12.3 Å². The summed E-state index contributed by atoms with van der Waals surface area (Å²) in [5, 5.41) is 21.8. The molecular formula is C19H22N6O. The Morgan fingerprint density at radius 3 is 2.85 bits per heavy atom. The second kappa shape index (κ2) is 6.81. The number of hydrogen-bond acceptors (Lipinski definition) is 5. The minimum absolute atomic E-state index is 0.441. The van der Waals surface area contributed by atoms with E-state index >= 15 is 0 Å². The van der Waals surface area contributed by atoms with E-state index in [0.717, 1.165) is 49.2 Å². The maximum atomic E-state index is 9.28. The van der Waals surface area contributed by atoms with Crippen LogP contribution in [0.3, 0.4) is 0 Å². The molecule has 134 valence electrons. The molecule has 3 aromatic rings. The lowest BCUT2D eigenvalue weighted by Crippen LogP contribution is -2.29. The van der Waals surface area contributed by atoms with Crippen molar-refractivity contribution < 1.29 is 4.74 Å². The van der Waals surface area contributed by atoms with Crippen molar-refractivity contribution in [2.75, 3.05) is 20.2 Å². The third-order valence-electron chi connectivity index (χ3n) is 5.05. The van der Waals surface area contributed by atoms with Crippen molar-refractivity contribution in [3.8, 4) is 22.9 Å². The molecular weight excluding hydrogens is 328 g/mol. The van der Waals surface area contributed by atoms with Gasteiger partial charge in [0, 0.05) is 23.5 Å². The van der Waals surface area contributed by atoms with Gasteiger partial charge in [-0.25, -0.2) is 4.52 Å². The summed E-state index contributed by atoms with van der Waals surface area (Å²) in [6, 6.07) is 4.58. The van der Waals surface area contributed by atoms with E-state index in [9.17, 15) is 5.26 Å². The van der Waals surface area contributed by atoms with Crippen LogP contribution < -0.4 is 10.1 Å². The van der Waals surface area contributed by atoms with Crippen molar-refractivity contribution in [3.63, 3.8) is 0 Å². The molecule has 0 bridgehead atoms. The number of aromatic nitrogens is 4. The number of ether oxygens (including phenoxy) is 1. The third kappa shape index (κ3) is 2.72. The zero-order valence-electron chi connectivity index (χ0n) is 15.1. The highest BCUT2D eigenvalue weighted by molar-refractivity contribution is 5.76. The number of piperidine rings is 1. The fraction of sp³-hybridized carbons (Fsp3) is 0.421. The highest BCUT2D eigenvalue weighted by atomic mass is 16.5. The highest BCUT2D eigenvalue weighted by Crippen LogP contribution is 2.32. The Balaban J connectivity index is 1.82. The molecule has 0 atom stereocenters. The second-order valence-corrected chi connectivity index (χ2v) is 6.56. The Hall–Kier alpha value is -2.85. The lowest BCUT2D eigenvalue weighted by molar-refractivity contribution is 0.342. The summed E-state index contributed by atoms with van der Waals surface area (Å²) in [4.78, 5) is 0. The average molecular weight is 350 g/mol. The first-order valence-electron chi connectivity index (χ1n) is 8.99. The van der Waals surface area contributed by atoms with Crippen LogP contribution in [0.25, 0.3) is 16.6 Å². The molecule has 7 nitrogen and oxygen atoms in total. The summed E-state index contributed by atoms with van der Waals surface area (Å²) >= 11 is 0. The Morgan fingerprint density at radius 2 is 2.15 bits per heavy atom. The number of methoxy groups -OCH3 is 1. The first-order valence-corrected chi connectivity index (χ1v) is 8.99. The van der Waals surface area contributed by atoms with E-state index < -0.39 is 0 Å². The minimum atomic E-state index is 0.441. The van der Waals surface area contributed by atoms with Crippen LogP contribution in [0.4, 0.5) is 0 Å². The molecule has 26 heavy (non-hydrogen) atoms. The van der Waals surface area contributed by atoms with Gasteiger partial charge in [-0.3, -0.25) is 4.68 Å². The molecule has 0 aromatic carbocycles. The fourth-order valence-electron chi connectivity index (χ4n) is 3.66. The lowest BCUT2D eigenvalue weighted by Gasteiger charge is -2.22. The number of hydrogen-bond donors (Lipinski definition) is 1. The van der Waals surface area contributed by atoms with Gasteiger partial charge >= 0.3 is 0 Å². The third-order valence-corrected chi connectivity index (χ3v) is 5.05. The molecule has 0 saturated carbocycles.